The molecule has 0 spiro atoms. The Bertz CT molecular complexity index is 1180. The second-order valence-corrected chi connectivity index (χ2v) is 6.87. The molecule has 0 aliphatic carbocycles. The van der Waals surface area contributed by atoms with E-state index in [-0.39, 0.29) is 11.6 Å². The lowest BCUT2D eigenvalue weighted by Gasteiger charge is -2.19. The number of amides is 1. The highest BCUT2D eigenvalue weighted by atomic mass is 79.9. The quantitative estimate of drug-likeness (QED) is 0.434. The number of ether oxygens (including phenoxy) is 1. The van der Waals surface area contributed by atoms with Crippen LogP contribution in [0.25, 0.3) is 16.7 Å². The third-order valence-corrected chi connectivity index (χ3v) is 4.53. The molecule has 10 heteroatoms. The van der Waals surface area contributed by atoms with E-state index in [2.05, 4.69) is 41.3 Å². The summed E-state index contributed by atoms with van der Waals surface area (Å²) >= 11 is 3.38. The van der Waals surface area contributed by atoms with Gasteiger partial charge in [-0.1, -0.05) is 0 Å². The molecule has 0 bridgehead atoms. The van der Waals surface area contributed by atoms with Crippen LogP contribution < -0.4 is 10.1 Å². The van der Waals surface area contributed by atoms with E-state index in [1.54, 1.807) is 41.5 Å². The van der Waals surface area contributed by atoms with E-state index >= 15 is 0 Å². The molecule has 0 aliphatic rings. The smallest absolute Gasteiger partial charge is 0.410 e. The Balaban J connectivity index is 1.75. The zero-order chi connectivity index (χ0) is 20.4. The topological polar surface area (TPSA) is 115 Å². The van der Waals surface area contributed by atoms with E-state index in [9.17, 15) is 4.79 Å². The number of anilines is 1. The van der Waals surface area contributed by atoms with Gasteiger partial charge in [0, 0.05) is 24.7 Å². The molecule has 0 aromatic carbocycles. The van der Waals surface area contributed by atoms with E-state index in [1.165, 1.54) is 0 Å². The normalized spacial score (nSPS) is 11.9. The first kappa shape index (κ1) is 18.8. The van der Waals surface area contributed by atoms with Crippen molar-refractivity contribution in [3.05, 3.63) is 65.3 Å². The first-order valence-corrected chi connectivity index (χ1v) is 9.39. The van der Waals surface area contributed by atoms with Crippen LogP contribution in [0.4, 0.5) is 10.6 Å². The molecule has 0 saturated heterocycles. The summed E-state index contributed by atoms with van der Waals surface area (Å²) in [6, 6.07) is 10.6. The average Bonchev–Trinajstić information content (AvgIpc) is 3.22. The van der Waals surface area contributed by atoms with Crippen LogP contribution in [0.5, 0.6) is 5.75 Å². The van der Waals surface area contributed by atoms with E-state index in [0.29, 0.717) is 21.3 Å². The Morgan fingerprint density at radius 2 is 2.07 bits per heavy atom. The maximum atomic E-state index is 11.2. The van der Waals surface area contributed by atoms with Crippen LogP contribution in [0.1, 0.15) is 18.7 Å². The first-order valence-electron chi connectivity index (χ1n) is 8.60. The Morgan fingerprint density at radius 1 is 1.21 bits per heavy atom. The minimum Gasteiger partial charge on any atom is -0.480 e. The SMILES string of the molecule is CC(Oc1cc2ncccc2nc1NC(=O)O)c1nc(Br)ccc1-n1cccn1. The van der Waals surface area contributed by atoms with E-state index in [1.807, 2.05) is 25.1 Å². The van der Waals surface area contributed by atoms with Crippen molar-refractivity contribution in [2.24, 2.45) is 0 Å². The van der Waals surface area contributed by atoms with Crippen molar-refractivity contribution in [1.82, 2.24) is 24.7 Å². The molecular weight excluding hydrogens is 440 g/mol. The maximum absolute atomic E-state index is 11.2. The molecule has 1 unspecified atom stereocenters. The van der Waals surface area contributed by atoms with Crippen molar-refractivity contribution in [1.29, 1.82) is 0 Å². The van der Waals surface area contributed by atoms with Crippen molar-refractivity contribution in [2.75, 3.05) is 5.32 Å². The van der Waals surface area contributed by atoms with Gasteiger partial charge in [-0.05, 0) is 53.2 Å². The van der Waals surface area contributed by atoms with E-state index in [4.69, 9.17) is 9.84 Å². The highest BCUT2D eigenvalue weighted by molar-refractivity contribution is 9.10. The van der Waals surface area contributed by atoms with Gasteiger partial charge in [0.1, 0.15) is 16.4 Å². The van der Waals surface area contributed by atoms with Gasteiger partial charge in [-0.25, -0.2) is 19.4 Å². The fourth-order valence-electron chi connectivity index (χ4n) is 2.86. The van der Waals surface area contributed by atoms with E-state index in [0.717, 1.165) is 5.69 Å². The van der Waals surface area contributed by atoms with Crippen LogP contribution in [0.2, 0.25) is 0 Å². The van der Waals surface area contributed by atoms with Gasteiger partial charge in [0.05, 0.1) is 16.7 Å². The Morgan fingerprint density at radius 3 is 2.83 bits per heavy atom. The average molecular weight is 455 g/mol. The predicted octanol–water partition coefficient (Wildman–Crippen LogP) is 4.20. The number of nitrogens with zero attached hydrogens (tertiary/aromatic N) is 5. The number of aromatic nitrogens is 5. The van der Waals surface area contributed by atoms with Crippen molar-refractivity contribution in [3.63, 3.8) is 0 Å². The Labute approximate surface area is 173 Å². The number of halogens is 1. The number of carboxylic acid groups (broad SMARTS) is 1. The lowest BCUT2D eigenvalue weighted by molar-refractivity contribution is 0.207. The largest absolute Gasteiger partial charge is 0.480 e. The summed E-state index contributed by atoms with van der Waals surface area (Å²) in [6.07, 6.45) is 3.33. The molecule has 9 nitrogen and oxygen atoms in total. The monoisotopic (exact) mass is 454 g/mol. The number of rotatable bonds is 5. The second-order valence-electron chi connectivity index (χ2n) is 6.06. The molecule has 0 radical (unpaired) electrons. The zero-order valence-electron chi connectivity index (χ0n) is 15.2. The summed E-state index contributed by atoms with van der Waals surface area (Å²) < 4.78 is 8.41. The van der Waals surface area contributed by atoms with Gasteiger partial charge >= 0.3 is 6.09 Å². The second kappa shape index (κ2) is 7.84. The van der Waals surface area contributed by atoms with Crippen LogP contribution in [0.15, 0.2) is 59.6 Å². The van der Waals surface area contributed by atoms with Gasteiger partial charge in [-0.3, -0.25) is 10.3 Å². The van der Waals surface area contributed by atoms with Crippen molar-refractivity contribution in [3.8, 4) is 11.4 Å². The molecular formula is C19H15BrN6O3. The predicted molar refractivity (Wildman–Crippen MR) is 109 cm³/mol. The summed E-state index contributed by atoms with van der Waals surface area (Å²) in [5, 5.41) is 15.7. The van der Waals surface area contributed by atoms with Crippen molar-refractivity contribution >= 4 is 38.9 Å². The highest BCUT2D eigenvalue weighted by Gasteiger charge is 2.20. The fraction of sp³-hybridized carbons (Fsp3) is 0.105. The molecule has 146 valence electrons. The number of hydrogen-bond acceptors (Lipinski definition) is 6. The van der Waals surface area contributed by atoms with Gasteiger partial charge in [-0.15, -0.1) is 0 Å². The summed E-state index contributed by atoms with van der Waals surface area (Å²) in [4.78, 5) is 24.3. The number of carbonyl (C=O) groups is 1. The van der Waals surface area contributed by atoms with Crippen molar-refractivity contribution < 1.29 is 14.6 Å². The molecule has 0 aliphatic heterocycles. The fourth-order valence-corrected chi connectivity index (χ4v) is 3.18. The third kappa shape index (κ3) is 4.02. The van der Waals surface area contributed by atoms with Gasteiger partial charge in [-0.2, -0.15) is 5.10 Å². The molecule has 4 aromatic rings. The molecule has 0 saturated carbocycles. The molecule has 4 aromatic heterocycles. The number of nitrogens with one attached hydrogen (secondary N) is 1. The lowest BCUT2D eigenvalue weighted by Crippen LogP contribution is -2.14. The molecule has 0 fully saturated rings. The minimum absolute atomic E-state index is 0.0838. The van der Waals surface area contributed by atoms with Crippen molar-refractivity contribution in [2.45, 2.75) is 13.0 Å². The van der Waals surface area contributed by atoms with Crippen LogP contribution in [0.3, 0.4) is 0 Å². The maximum Gasteiger partial charge on any atom is 0.410 e. The lowest BCUT2D eigenvalue weighted by atomic mass is 10.2. The summed E-state index contributed by atoms with van der Waals surface area (Å²) in [5.74, 6) is 0.333. The van der Waals surface area contributed by atoms with Crippen LogP contribution in [0, 0.1) is 0 Å². The summed E-state index contributed by atoms with van der Waals surface area (Å²) in [6.45, 7) is 1.81. The molecule has 4 rings (SSSR count). The third-order valence-electron chi connectivity index (χ3n) is 4.08. The van der Waals surface area contributed by atoms with Crippen LogP contribution in [-0.2, 0) is 0 Å². The highest BCUT2D eigenvalue weighted by Crippen LogP contribution is 2.32. The van der Waals surface area contributed by atoms with E-state index < -0.39 is 12.2 Å². The minimum atomic E-state index is -1.24. The zero-order valence-corrected chi connectivity index (χ0v) is 16.7. The molecule has 1 amide bonds. The van der Waals surface area contributed by atoms with Gasteiger partial charge in [0.2, 0.25) is 0 Å². The van der Waals surface area contributed by atoms with Gasteiger partial charge in [0.15, 0.2) is 11.6 Å². The van der Waals surface area contributed by atoms with Crippen LogP contribution in [-0.4, -0.2) is 35.9 Å². The standard InChI is InChI=1S/C19H15BrN6O3/c1-11(17-14(5-6-16(20)24-17)26-9-3-8-22-26)29-15-10-13-12(4-2-7-21-13)23-18(15)25-19(27)28/h2-11H,1H3,(H,23,25)(H,27,28). The van der Waals surface area contributed by atoms with Gasteiger partial charge < -0.3 is 9.84 Å². The Hall–Kier alpha value is -3.53. The van der Waals surface area contributed by atoms with Gasteiger partial charge in [0.25, 0.3) is 0 Å². The molecule has 4 heterocycles. The molecule has 1 atom stereocenters. The number of fused-ring (bicyclic) bond motifs is 1. The summed E-state index contributed by atoms with van der Waals surface area (Å²) in [5.41, 5.74) is 2.49. The number of pyridine rings is 3. The van der Waals surface area contributed by atoms with Crippen LogP contribution >= 0.6 is 15.9 Å². The Kier molecular flexibility index (Phi) is 5.09. The number of hydrogen-bond donors (Lipinski definition) is 2. The molecule has 2 N–H and O–H groups in total. The summed E-state index contributed by atoms with van der Waals surface area (Å²) in [7, 11) is 0. The molecule has 29 heavy (non-hydrogen) atoms. The first-order chi connectivity index (χ1) is 14.0.